The predicted molar refractivity (Wildman–Crippen MR) is 161 cm³/mol. The van der Waals surface area contributed by atoms with Crippen LogP contribution in [-0.4, -0.2) is 64.2 Å². The van der Waals surface area contributed by atoms with E-state index >= 15 is 0 Å². The Morgan fingerprint density at radius 2 is 1.54 bits per heavy atom. The number of anilines is 1. The highest BCUT2D eigenvalue weighted by atomic mass is 32.2. The van der Waals surface area contributed by atoms with E-state index in [9.17, 15) is 18.0 Å². The summed E-state index contributed by atoms with van der Waals surface area (Å²) in [6.07, 6.45) is 1.29. The highest BCUT2D eigenvalue weighted by Gasteiger charge is 2.33. The van der Waals surface area contributed by atoms with Crippen molar-refractivity contribution in [1.29, 1.82) is 0 Å². The fourth-order valence-electron chi connectivity index (χ4n) is 4.50. The molecule has 1 N–H and O–H groups in total. The van der Waals surface area contributed by atoms with E-state index in [0.717, 1.165) is 27.3 Å². The van der Waals surface area contributed by atoms with E-state index in [4.69, 9.17) is 9.47 Å². The summed E-state index contributed by atoms with van der Waals surface area (Å²) in [5.41, 5.74) is 2.92. The zero-order chi connectivity index (χ0) is 30.2. The second-order valence-electron chi connectivity index (χ2n) is 10.1. The maximum Gasteiger partial charge on any atom is 0.244 e. The van der Waals surface area contributed by atoms with Gasteiger partial charge in [-0.15, -0.1) is 0 Å². The van der Waals surface area contributed by atoms with Crippen molar-refractivity contribution in [2.75, 3.05) is 31.3 Å². The molecule has 0 radical (unpaired) electrons. The van der Waals surface area contributed by atoms with Crippen LogP contribution in [0.3, 0.4) is 0 Å². The van der Waals surface area contributed by atoms with Crippen LogP contribution in [0.4, 0.5) is 5.69 Å². The Hall–Kier alpha value is -4.05. The summed E-state index contributed by atoms with van der Waals surface area (Å²) in [5.74, 6) is -0.0947. The third-order valence-corrected chi connectivity index (χ3v) is 7.78. The first kappa shape index (κ1) is 31.5. The Morgan fingerprint density at radius 1 is 0.902 bits per heavy atom. The lowest BCUT2D eigenvalue weighted by molar-refractivity contribution is -0.140. The molecule has 0 aromatic heterocycles. The second kappa shape index (κ2) is 14.0. The van der Waals surface area contributed by atoms with Gasteiger partial charge in [0.05, 0.1) is 26.2 Å². The fourth-order valence-corrected chi connectivity index (χ4v) is 5.34. The van der Waals surface area contributed by atoms with Crippen molar-refractivity contribution in [3.8, 4) is 11.5 Å². The van der Waals surface area contributed by atoms with Crippen LogP contribution >= 0.6 is 0 Å². The average Bonchev–Trinajstić information content (AvgIpc) is 2.93. The molecule has 0 fully saturated rings. The minimum Gasteiger partial charge on any atom is -0.493 e. The number of nitrogens with one attached hydrogen (secondary N) is 1. The highest BCUT2D eigenvalue weighted by Crippen LogP contribution is 2.32. The van der Waals surface area contributed by atoms with E-state index in [-0.39, 0.29) is 30.6 Å². The van der Waals surface area contributed by atoms with Gasteiger partial charge in [-0.25, -0.2) is 8.42 Å². The molecule has 0 spiro atoms. The number of sulfonamides is 1. The summed E-state index contributed by atoms with van der Waals surface area (Å²) in [4.78, 5) is 29.3. The number of benzene rings is 3. The quantitative estimate of drug-likeness (QED) is 0.328. The van der Waals surface area contributed by atoms with E-state index in [0.29, 0.717) is 11.5 Å². The molecule has 0 bridgehead atoms. The van der Waals surface area contributed by atoms with Gasteiger partial charge in [0.1, 0.15) is 12.6 Å². The maximum atomic E-state index is 14.2. The molecule has 9 nitrogen and oxygen atoms in total. The predicted octanol–water partition coefficient (Wildman–Crippen LogP) is 3.94. The number of amides is 2. The van der Waals surface area contributed by atoms with Crippen molar-refractivity contribution >= 4 is 27.5 Å². The van der Waals surface area contributed by atoms with Crippen LogP contribution in [0.2, 0.25) is 0 Å². The SMILES string of the molecule is COc1ccc(N(CC(=O)N(Cc2ccccc2C)[C@@H](Cc2ccccc2)C(=O)NC(C)C)S(C)(=O)=O)cc1OC. The summed E-state index contributed by atoms with van der Waals surface area (Å²) in [7, 11) is -0.980. The number of nitrogens with zero attached hydrogens (tertiary/aromatic N) is 2. The maximum absolute atomic E-state index is 14.2. The monoisotopic (exact) mass is 581 g/mol. The number of carbonyl (C=O) groups excluding carboxylic acids is 2. The van der Waals surface area contributed by atoms with Gasteiger partial charge in [-0.05, 0) is 49.6 Å². The molecule has 0 saturated carbocycles. The van der Waals surface area contributed by atoms with E-state index < -0.39 is 28.5 Å². The number of hydrogen-bond donors (Lipinski definition) is 1. The molecule has 41 heavy (non-hydrogen) atoms. The lowest BCUT2D eigenvalue weighted by atomic mass is 10.0. The normalized spacial score (nSPS) is 12.0. The Morgan fingerprint density at radius 3 is 2.12 bits per heavy atom. The lowest BCUT2D eigenvalue weighted by Crippen LogP contribution is -2.54. The number of methoxy groups -OCH3 is 2. The molecule has 0 unspecified atom stereocenters. The highest BCUT2D eigenvalue weighted by molar-refractivity contribution is 7.92. The first-order valence-electron chi connectivity index (χ1n) is 13.3. The van der Waals surface area contributed by atoms with Crippen LogP contribution in [0.15, 0.2) is 72.8 Å². The molecular formula is C31H39N3O6S. The summed E-state index contributed by atoms with van der Waals surface area (Å²) >= 11 is 0. The Balaban J connectivity index is 2.09. The van der Waals surface area contributed by atoms with Crippen molar-refractivity contribution in [2.24, 2.45) is 0 Å². The van der Waals surface area contributed by atoms with Crippen molar-refractivity contribution in [2.45, 2.75) is 45.8 Å². The van der Waals surface area contributed by atoms with Crippen LogP contribution in [0.25, 0.3) is 0 Å². The van der Waals surface area contributed by atoms with Gasteiger partial charge < -0.3 is 19.7 Å². The molecule has 0 heterocycles. The number of carbonyl (C=O) groups is 2. The summed E-state index contributed by atoms with van der Waals surface area (Å²) in [5, 5.41) is 2.95. The van der Waals surface area contributed by atoms with Crippen LogP contribution in [-0.2, 0) is 32.6 Å². The Labute approximate surface area is 243 Å². The van der Waals surface area contributed by atoms with Gasteiger partial charge in [0, 0.05) is 25.1 Å². The largest absolute Gasteiger partial charge is 0.493 e. The number of hydrogen-bond acceptors (Lipinski definition) is 6. The summed E-state index contributed by atoms with van der Waals surface area (Å²) in [6, 6.07) is 20.6. The van der Waals surface area contributed by atoms with E-state index in [1.54, 1.807) is 12.1 Å². The minimum absolute atomic E-state index is 0.123. The topological polar surface area (TPSA) is 105 Å². The molecule has 3 rings (SSSR count). The van der Waals surface area contributed by atoms with Crippen molar-refractivity contribution < 1.29 is 27.5 Å². The van der Waals surface area contributed by atoms with Crippen molar-refractivity contribution in [3.63, 3.8) is 0 Å². The van der Waals surface area contributed by atoms with Gasteiger partial charge in [0.15, 0.2) is 11.5 Å². The molecule has 3 aromatic carbocycles. The molecule has 10 heteroatoms. The van der Waals surface area contributed by atoms with Gasteiger partial charge in [0.25, 0.3) is 0 Å². The lowest BCUT2D eigenvalue weighted by Gasteiger charge is -2.34. The third-order valence-electron chi connectivity index (χ3n) is 6.64. The second-order valence-corrected chi connectivity index (χ2v) is 12.0. The van der Waals surface area contributed by atoms with Crippen molar-refractivity contribution in [3.05, 3.63) is 89.5 Å². The van der Waals surface area contributed by atoms with Gasteiger partial charge in [-0.3, -0.25) is 13.9 Å². The molecule has 3 aromatic rings. The van der Waals surface area contributed by atoms with Gasteiger partial charge in [0.2, 0.25) is 21.8 Å². The molecule has 0 aliphatic heterocycles. The standard InChI is InChI=1S/C31H39N3O6S/c1-22(2)32-31(36)27(18-24-13-8-7-9-14-24)33(20-25-15-11-10-12-23(25)3)30(35)21-34(41(6,37)38)26-16-17-28(39-4)29(19-26)40-5/h7-17,19,22,27H,18,20-21H2,1-6H3,(H,32,36)/t27-/m0/s1. The number of aryl methyl sites for hydroxylation is 1. The van der Waals surface area contributed by atoms with E-state index in [2.05, 4.69) is 5.32 Å². The zero-order valence-corrected chi connectivity index (χ0v) is 25.3. The molecule has 220 valence electrons. The number of ether oxygens (including phenoxy) is 2. The molecule has 0 saturated heterocycles. The average molecular weight is 582 g/mol. The molecule has 2 amide bonds. The van der Waals surface area contributed by atoms with Crippen LogP contribution in [0.1, 0.15) is 30.5 Å². The summed E-state index contributed by atoms with van der Waals surface area (Å²) in [6.45, 7) is 5.25. The Bertz CT molecular complexity index is 1440. The summed E-state index contributed by atoms with van der Waals surface area (Å²) < 4.78 is 37.7. The number of rotatable bonds is 13. The molecule has 0 aliphatic carbocycles. The van der Waals surface area contributed by atoms with E-state index in [1.165, 1.54) is 25.2 Å². The fraction of sp³-hybridized carbons (Fsp3) is 0.355. The zero-order valence-electron chi connectivity index (χ0n) is 24.5. The van der Waals surface area contributed by atoms with Crippen LogP contribution < -0.4 is 19.1 Å². The van der Waals surface area contributed by atoms with Gasteiger partial charge >= 0.3 is 0 Å². The molecular weight excluding hydrogens is 542 g/mol. The minimum atomic E-state index is -3.91. The molecule has 0 aliphatic rings. The smallest absolute Gasteiger partial charge is 0.244 e. The first-order valence-corrected chi connectivity index (χ1v) is 15.2. The third kappa shape index (κ3) is 8.47. The first-order chi connectivity index (χ1) is 19.4. The van der Waals surface area contributed by atoms with Crippen LogP contribution in [0, 0.1) is 6.92 Å². The molecule has 1 atom stereocenters. The Kier molecular flexibility index (Phi) is 10.8. The van der Waals surface area contributed by atoms with Crippen LogP contribution in [0.5, 0.6) is 11.5 Å². The van der Waals surface area contributed by atoms with Gasteiger partial charge in [-0.1, -0.05) is 54.6 Å². The van der Waals surface area contributed by atoms with E-state index in [1.807, 2.05) is 75.4 Å². The van der Waals surface area contributed by atoms with Crippen molar-refractivity contribution in [1.82, 2.24) is 10.2 Å². The van der Waals surface area contributed by atoms with Gasteiger partial charge in [-0.2, -0.15) is 0 Å².